The molecular formula is C18H28N2O. The van der Waals surface area contributed by atoms with Crippen molar-refractivity contribution in [2.45, 2.75) is 70.4 Å². The molecule has 1 aliphatic carbocycles. The topological polar surface area (TPSA) is 36.4 Å². The summed E-state index contributed by atoms with van der Waals surface area (Å²) >= 11 is 0. The van der Waals surface area contributed by atoms with E-state index in [4.69, 9.17) is 4.98 Å². The fourth-order valence-electron chi connectivity index (χ4n) is 3.80. The minimum absolute atomic E-state index is 0.618. The molecule has 0 amide bonds. The van der Waals surface area contributed by atoms with Gasteiger partial charge in [0.1, 0.15) is 0 Å². The van der Waals surface area contributed by atoms with Crippen molar-refractivity contribution in [3.63, 3.8) is 0 Å². The normalized spacial score (nSPS) is 21.3. The van der Waals surface area contributed by atoms with E-state index >= 15 is 0 Å². The fourth-order valence-corrected chi connectivity index (χ4v) is 3.80. The molecule has 2 heterocycles. The Morgan fingerprint density at radius 3 is 2.71 bits per heavy atom. The van der Waals surface area contributed by atoms with Crippen molar-refractivity contribution < 1.29 is 5.11 Å². The Morgan fingerprint density at radius 2 is 2.00 bits per heavy atom. The van der Waals surface area contributed by atoms with Gasteiger partial charge in [0.05, 0.1) is 5.60 Å². The Morgan fingerprint density at radius 1 is 1.24 bits per heavy atom. The molecule has 3 nitrogen and oxygen atoms in total. The average molecular weight is 288 g/mol. The van der Waals surface area contributed by atoms with E-state index < -0.39 is 5.60 Å². The second-order valence-electron chi connectivity index (χ2n) is 7.45. The Labute approximate surface area is 128 Å². The van der Waals surface area contributed by atoms with Gasteiger partial charge >= 0.3 is 0 Å². The van der Waals surface area contributed by atoms with Crippen LogP contribution in [0.3, 0.4) is 0 Å². The summed E-state index contributed by atoms with van der Waals surface area (Å²) in [5.41, 5.74) is 3.35. The lowest BCUT2D eigenvalue weighted by Crippen LogP contribution is -2.41. The Bertz CT molecular complexity index is 486. The molecule has 116 valence electrons. The van der Waals surface area contributed by atoms with Crippen LogP contribution in [0, 0.1) is 0 Å². The molecule has 3 rings (SSSR count). The van der Waals surface area contributed by atoms with Crippen LogP contribution in [-0.2, 0) is 13.0 Å². The number of β-amino-alcohol motifs (C(OH)–C–C–N with tert-alkyl or cyclic N) is 1. The molecule has 0 aromatic carbocycles. The number of pyridine rings is 1. The van der Waals surface area contributed by atoms with Gasteiger partial charge < -0.3 is 5.11 Å². The predicted molar refractivity (Wildman–Crippen MR) is 85.3 cm³/mol. The van der Waals surface area contributed by atoms with Crippen molar-refractivity contribution in [3.8, 4) is 0 Å². The van der Waals surface area contributed by atoms with E-state index in [-0.39, 0.29) is 0 Å². The second-order valence-corrected chi connectivity index (χ2v) is 7.45. The minimum atomic E-state index is -0.618. The van der Waals surface area contributed by atoms with Crippen LogP contribution in [0.2, 0.25) is 0 Å². The van der Waals surface area contributed by atoms with Gasteiger partial charge in [-0.05, 0) is 38.3 Å². The molecule has 0 saturated heterocycles. The van der Waals surface area contributed by atoms with Gasteiger partial charge in [-0.25, -0.2) is 0 Å². The standard InChI is InChI=1S/C18H28N2O/c1-18(2,21)13-20-11-10-17-15(12-20)8-9-16(19-17)14-6-4-3-5-7-14/h8-9,14,21H,3-7,10-13H2,1-2H3. The van der Waals surface area contributed by atoms with Crippen LogP contribution in [-0.4, -0.2) is 33.7 Å². The molecule has 21 heavy (non-hydrogen) atoms. The highest BCUT2D eigenvalue weighted by Gasteiger charge is 2.24. The molecule has 0 unspecified atom stereocenters. The van der Waals surface area contributed by atoms with E-state index in [1.807, 2.05) is 13.8 Å². The van der Waals surface area contributed by atoms with E-state index in [0.717, 1.165) is 26.1 Å². The van der Waals surface area contributed by atoms with E-state index in [1.54, 1.807) is 0 Å². The lowest BCUT2D eigenvalue weighted by Gasteiger charge is -2.33. The Hall–Kier alpha value is -0.930. The molecule has 0 spiro atoms. The molecule has 0 atom stereocenters. The van der Waals surface area contributed by atoms with Crippen molar-refractivity contribution in [1.82, 2.24) is 9.88 Å². The summed E-state index contributed by atoms with van der Waals surface area (Å²) in [6.45, 7) is 6.44. The molecule has 1 aromatic rings. The molecule has 1 aromatic heterocycles. The zero-order valence-electron chi connectivity index (χ0n) is 13.4. The number of hydrogen-bond acceptors (Lipinski definition) is 3. The lowest BCUT2D eigenvalue weighted by atomic mass is 9.86. The second kappa shape index (κ2) is 6.05. The number of hydrogen-bond donors (Lipinski definition) is 1. The van der Waals surface area contributed by atoms with Crippen molar-refractivity contribution in [2.24, 2.45) is 0 Å². The van der Waals surface area contributed by atoms with E-state index in [9.17, 15) is 5.11 Å². The maximum Gasteiger partial charge on any atom is 0.0718 e. The monoisotopic (exact) mass is 288 g/mol. The first-order valence-corrected chi connectivity index (χ1v) is 8.45. The Kier molecular flexibility index (Phi) is 4.32. The van der Waals surface area contributed by atoms with E-state index in [0.29, 0.717) is 5.92 Å². The fraction of sp³-hybridized carbons (Fsp3) is 0.722. The third-order valence-corrected chi connectivity index (χ3v) is 4.78. The highest BCUT2D eigenvalue weighted by atomic mass is 16.3. The van der Waals surface area contributed by atoms with Gasteiger partial charge in [-0.2, -0.15) is 0 Å². The van der Waals surface area contributed by atoms with E-state index in [2.05, 4.69) is 17.0 Å². The third kappa shape index (κ3) is 3.83. The van der Waals surface area contributed by atoms with Gasteiger partial charge in [0, 0.05) is 43.4 Å². The molecule has 1 aliphatic heterocycles. The van der Waals surface area contributed by atoms with Crippen LogP contribution in [0.4, 0.5) is 0 Å². The summed E-state index contributed by atoms with van der Waals surface area (Å²) in [4.78, 5) is 7.32. The zero-order chi connectivity index (χ0) is 14.9. The van der Waals surface area contributed by atoms with Gasteiger partial charge in [0.25, 0.3) is 0 Å². The van der Waals surface area contributed by atoms with Crippen LogP contribution in [0.1, 0.15) is 68.8 Å². The summed E-state index contributed by atoms with van der Waals surface area (Å²) in [6.07, 6.45) is 7.78. The zero-order valence-corrected chi connectivity index (χ0v) is 13.4. The molecule has 1 N–H and O–H groups in total. The number of nitrogens with zero attached hydrogens (tertiary/aromatic N) is 2. The molecule has 0 bridgehead atoms. The summed E-state index contributed by atoms with van der Waals surface area (Å²) in [7, 11) is 0. The van der Waals surface area contributed by atoms with Crippen molar-refractivity contribution in [1.29, 1.82) is 0 Å². The molecule has 1 saturated carbocycles. The van der Waals surface area contributed by atoms with Crippen LogP contribution in [0.15, 0.2) is 12.1 Å². The molecule has 0 radical (unpaired) electrons. The highest BCUT2D eigenvalue weighted by Crippen LogP contribution is 2.32. The first-order chi connectivity index (χ1) is 10.0. The van der Waals surface area contributed by atoms with Gasteiger partial charge in [-0.3, -0.25) is 9.88 Å². The van der Waals surface area contributed by atoms with Gasteiger partial charge in [0.2, 0.25) is 0 Å². The van der Waals surface area contributed by atoms with Crippen molar-refractivity contribution in [3.05, 3.63) is 29.1 Å². The predicted octanol–water partition coefficient (Wildman–Crippen LogP) is 3.26. The van der Waals surface area contributed by atoms with Crippen molar-refractivity contribution >= 4 is 0 Å². The number of fused-ring (bicyclic) bond motifs is 1. The lowest BCUT2D eigenvalue weighted by molar-refractivity contribution is 0.0315. The SMILES string of the molecule is CC(C)(O)CN1CCc2nc(C3CCCCC3)ccc2C1. The van der Waals surface area contributed by atoms with Crippen LogP contribution in [0.25, 0.3) is 0 Å². The third-order valence-electron chi connectivity index (χ3n) is 4.78. The van der Waals surface area contributed by atoms with E-state index in [1.165, 1.54) is 49.1 Å². The number of rotatable bonds is 3. The molecule has 2 aliphatic rings. The number of aliphatic hydroxyl groups is 1. The average Bonchev–Trinajstić information content (AvgIpc) is 2.46. The first-order valence-electron chi connectivity index (χ1n) is 8.45. The maximum atomic E-state index is 9.97. The summed E-state index contributed by atoms with van der Waals surface area (Å²) < 4.78 is 0. The number of aromatic nitrogens is 1. The first kappa shape index (κ1) is 15.0. The van der Waals surface area contributed by atoms with Crippen LogP contribution < -0.4 is 0 Å². The van der Waals surface area contributed by atoms with Crippen LogP contribution >= 0.6 is 0 Å². The maximum absolute atomic E-state index is 9.97. The highest BCUT2D eigenvalue weighted by molar-refractivity contribution is 5.27. The Balaban J connectivity index is 1.70. The summed E-state index contributed by atoms with van der Waals surface area (Å²) in [6, 6.07) is 4.53. The van der Waals surface area contributed by atoms with Crippen LogP contribution in [0.5, 0.6) is 0 Å². The molecular weight excluding hydrogens is 260 g/mol. The van der Waals surface area contributed by atoms with Crippen molar-refractivity contribution in [2.75, 3.05) is 13.1 Å². The van der Waals surface area contributed by atoms with Gasteiger partial charge in [0.15, 0.2) is 0 Å². The summed E-state index contributed by atoms with van der Waals surface area (Å²) in [5.74, 6) is 0.693. The minimum Gasteiger partial charge on any atom is -0.389 e. The summed E-state index contributed by atoms with van der Waals surface area (Å²) in [5, 5.41) is 9.97. The quantitative estimate of drug-likeness (QED) is 0.927. The molecule has 3 heteroatoms. The smallest absolute Gasteiger partial charge is 0.0718 e. The van der Waals surface area contributed by atoms with Gasteiger partial charge in [-0.15, -0.1) is 0 Å². The molecule has 1 fully saturated rings. The largest absolute Gasteiger partial charge is 0.389 e. The van der Waals surface area contributed by atoms with Gasteiger partial charge in [-0.1, -0.05) is 25.3 Å².